The van der Waals surface area contributed by atoms with Gasteiger partial charge in [0.2, 0.25) is 0 Å². The molecule has 0 saturated heterocycles. The molecular weight excluding hydrogens is 274 g/mol. The Labute approximate surface area is 132 Å². The van der Waals surface area contributed by atoms with E-state index in [-0.39, 0.29) is 24.0 Å². The van der Waals surface area contributed by atoms with Crippen LogP contribution in [0, 0.1) is 5.92 Å². The van der Waals surface area contributed by atoms with Crippen LogP contribution in [-0.4, -0.2) is 24.3 Å². The van der Waals surface area contributed by atoms with Crippen molar-refractivity contribution in [3.8, 4) is 0 Å². The highest BCUT2D eigenvalue weighted by Gasteiger charge is 2.19. The van der Waals surface area contributed by atoms with Gasteiger partial charge in [0.15, 0.2) is 11.6 Å². The van der Waals surface area contributed by atoms with Gasteiger partial charge in [0.1, 0.15) is 6.54 Å². The Hall–Kier alpha value is -2.29. The summed E-state index contributed by atoms with van der Waals surface area (Å²) in [5.74, 6) is -0.468. The second-order valence-corrected chi connectivity index (χ2v) is 5.35. The molecule has 0 fully saturated rings. The molecule has 0 amide bonds. The standard InChI is InChI=1S/C19H23NO2/c1-5-20-13-18(21)16-11-6-7-12-17(16)19(22)15(4)10-8-9-14(2)3/h5-12,15H,13H2,1-4H3/b10-8+,20-5?. The molecule has 0 radical (unpaired) electrons. The number of nitrogens with zero attached hydrogens (tertiary/aromatic N) is 1. The maximum atomic E-state index is 12.6. The van der Waals surface area contributed by atoms with E-state index in [0.717, 1.165) is 0 Å². The molecule has 1 aromatic rings. The molecule has 3 nitrogen and oxygen atoms in total. The molecule has 0 aliphatic rings. The predicted octanol–water partition coefficient (Wildman–Crippen LogP) is 4.30. The fourth-order valence-corrected chi connectivity index (χ4v) is 1.95. The van der Waals surface area contributed by atoms with Crippen LogP contribution in [0.5, 0.6) is 0 Å². The van der Waals surface area contributed by atoms with E-state index < -0.39 is 0 Å². The molecule has 0 N–H and O–H groups in total. The molecule has 0 aromatic heterocycles. The summed E-state index contributed by atoms with van der Waals surface area (Å²) >= 11 is 0. The van der Waals surface area contributed by atoms with Gasteiger partial charge in [-0.1, -0.05) is 55.0 Å². The summed E-state index contributed by atoms with van der Waals surface area (Å²) in [6.45, 7) is 7.67. The molecule has 0 saturated carbocycles. The monoisotopic (exact) mass is 297 g/mol. The first-order chi connectivity index (χ1) is 10.5. The van der Waals surface area contributed by atoms with E-state index in [4.69, 9.17) is 0 Å². The summed E-state index contributed by atoms with van der Waals surface area (Å²) in [4.78, 5) is 28.7. The maximum absolute atomic E-state index is 12.6. The van der Waals surface area contributed by atoms with Crippen molar-refractivity contribution >= 4 is 17.8 Å². The third kappa shape index (κ3) is 5.24. The summed E-state index contributed by atoms with van der Waals surface area (Å²) in [6, 6.07) is 6.94. The minimum atomic E-state index is -0.278. The zero-order chi connectivity index (χ0) is 16.5. The Morgan fingerprint density at radius 2 is 1.82 bits per heavy atom. The fraction of sp³-hybridized carbons (Fsp3) is 0.316. The first-order valence-electron chi connectivity index (χ1n) is 7.40. The Morgan fingerprint density at radius 3 is 2.41 bits per heavy atom. The summed E-state index contributed by atoms with van der Waals surface area (Å²) in [5.41, 5.74) is 2.08. The summed E-state index contributed by atoms with van der Waals surface area (Å²) < 4.78 is 0. The topological polar surface area (TPSA) is 46.5 Å². The summed E-state index contributed by atoms with van der Waals surface area (Å²) in [7, 11) is 0. The van der Waals surface area contributed by atoms with Crippen LogP contribution in [-0.2, 0) is 0 Å². The van der Waals surface area contributed by atoms with Gasteiger partial charge in [0, 0.05) is 17.0 Å². The minimum Gasteiger partial charge on any atom is -0.294 e. The van der Waals surface area contributed by atoms with Gasteiger partial charge in [0.05, 0.1) is 0 Å². The van der Waals surface area contributed by atoms with Gasteiger partial charge in [-0.3, -0.25) is 14.6 Å². The lowest BCUT2D eigenvalue weighted by Crippen LogP contribution is -2.15. The molecule has 3 heteroatoms. The number of Topliss-reactive ketones (excluding diaryl/α,β-unsaturated/α-hetero) is 2. The zero-order valence-corrected chi connectivity index (χ0v) is 13.7. The van der Waals surface area contributed by atoms with Crippen molar-refractivity contribution in [3.05, 3.63) is 59.2 Å². The molecular formula is C19H23NO2. The van der Waals surface area contributed by atoms with Crippen LogP contribution < -0.4 is 0 Å². The highest BCUT2D eigenvalue weighted by atomic mass is 16.1. The lowest BCUT2D eigenvalue weighted by Gasteiger charge is -2.09. The normalized spacial score (nSPS) is 12.5. The number of ketones is 2. The summed E-state index contributed by atoms with van der Waals surface area (Å²) in [5, 5.41) is 0. The minimum absolute atomic E-state index is 0.0529. The molecule has 0 aliphatic heterocycles. The van der Waals surface area contributed by atoms with Crippen LogP contribution in [0.25, 0.3) is 0 Å². The van der Waals surface area contributed by atoms with E-state index in [1.807, 2.05) is 39.0 Å². The van der Waals surface area contributed by atoms with Crippen molar-refractivity contribution in [3.63, 3.8) is 0 Å². The number of hydrogen-bond donors (Lipinski definition) is 0. The largest absolute Gasteiger partial charge is 0.294 e. The molecule has 1 aromatic carbocycles. The molecule has 116 valence electrons. The summed E-state index contributed by atoms with van der Waals surface area (Å²) in [6.07, 6.45) is 7.27. The average Bonchev–Trinajstić information content (AvgIpc) is 2.51. The van der Waals surface area contributed by atoms with Crippen LogP contribution >= 0.6 is 0 Å². The molecule has 1 atom stereocenters. The Bertz CT molecular complexity index is 620. The average molecular weight is 297 g/mol. The SMILES string of the molecule is CC=NCC(=O)c1ccccc1C(=O)C(C)/C=C/C=C(C)C. The third-order valence-corrected chi connectivity index (χ3v) is 3.15. The van der Waals surface area contributed by atoms with Crippen LogP contribution in [0.1, 0.15) is 48.4 Å². The molecule has 0 heterocycles. The zero-order valence-electron chi connectivity index (χ0n) is 13.7. The molecule has 1 unspecified atom stereocenters. The Morgan fingerprint density at radius 1 is 1.18 bits per heavy atom. The fourth-order valence-electron chi connectivity index (χ4n) is 1.95. The van der Waals surface area contributed by atoms with E-state index in [9.17, 15) is 9.59 Å². The molecule has 0 spiro atoms. The van der Waals surface area contributed by atoms with Crippen LogP contribution in [0.4, 0.5) is 0 Å². The van der Waals surface area contributed by atoms with Gasteiger partial charge in [-0.15, -0.1) is 0 Å². The predicted molar refractivity (Wildman–Crippen MR) is 91.9 cm³/mol. The molecule has 22 heavy (non-hydrogen) atoms. The van der Waals surface area contributed by atoms with E-state index in [1.165, 1.54) is 5.57 Å². The number of hydrogen-bond acceptors (Lipinski definition) is 3. The van der Waals surface area contributed by atoms with Gasteiger partial charge < -0.3 is 0 Å². The number of allylic oxidation sites excluding steroid dienone is 4. The highest BCUT2D eigenvalue weighted by Crippen LogP contribution is 2.16. The van der Waals surface area contributed by atoms with Crippen molar-refractivity contribution in [1.82, 2.24) is 0 Å². The van der Waals surface area contributed by atoms with Crippen molar-refractivity contribution < 1.29 is 9.59 Å². The van der Waals surface area contributed by atoms with Gasteiger partial charge in [-0.05, 0) is 27.0 Å². The lowest BCUT2D eigenvalue weighted by atomic mass is 9.93. The van der Waals surface area contributed by atoms with Gasteiger partial charge in [-0.25, -0.2) is 0 Å². The quantitative estimate of drug-likeness (QED) is 0.428. The van der Waals surface area contributed by atoms with E-state index in [1.54, 1.807) is 37.4 Å². The van der Waals surface area contributed by atoms with E-state index in [0.29, 0.717) is 11.1 Å². The first-order valence-corrected chi connectivity index (χ1v) is 7.40. The number of carbonyl (C=O) groups is 2. The highest BCUT2D eigenvalue weighted by molar-refractivity contribution is 6.10. The first kappa shape index (κ1) is 17.8. The maximum Gasteiger partial charge on any atom is 0.184 e. The Kier molecular flexibility index (Phi) is 7.17. The van der Waals surface area contributed by atoms with Gasteiger partial charge in [-0.2, -0.15) is 0 Å². The van der Waals surface area contributed by atoms with E-state index in [2.05, 4.69) is 4.99 Å². The number of aliphatic imine (C=N–C) groups is 1. The molecule has 1 rings (SSSR count). The molecule has 0 bridgehead atoms. The smallest absolute Gasteiger partial charge is 0.184 e. The van der Waals surface area contributed by atoms with Crippen LogP contribution in [0.2, 0.25) is 0 Å². The van der Waals surface area contributed by atoms with Crippen molar-refractivity contribution in [1.29, 1.82) is 0 Å². The number of rotatable bonds is 7. The van der Waals surface area contributed by atoms with Gasteiger partial charge >= 0.3 is 0 Å². The van der Waals surface area contributed by atoms with Crippen LogP contribution in [0.3, 0.4) is 0 Å². The second-order valence-electron chi connectivity index (χ2n) is 5.35. The molecule has 0 aliphatic carbocycles. The van der Waals surface area contributed by atoms with Gasteiger partial charge in [0.25, 0.3) is 0 Å². The Balaban J connectivity index is 3.01. The van der Waals surface area contributed by atoms with Crippen molar-refractivity contribution in [2.45, 2.75) is 27.7 Å². The van der Waals surface area contributed by atoms with Crippen molar-refractivity contribution in [2.24, 2.45) is 10.9 Å². The third-order valence-electron chi connectivity index (χ3n) is 3.15. The van der Waals surface area contributed by atoms with E-state index >= 15 is 0 Å². The number of benzene rings is 1. The van der Waals surface area contributed by atoms with Crippen LogP contribution in [0.15, 0.2) is 53.1 Å². The van der Waals surface area contributed by atoms with Crippen molar-refractivity contribution in [2.75, 3.05) is 6.54 Å². The lowest BCUT2D eigenvalue weighted by molar-refractivity contribution is 0.0936. The second kappa shape index (κ2) is 8.88. The number of carbonyl (C=O) groups excluding carboxylic acids is 2.